The number of pyridine rings is 1. The minimum absolute atomic E-state index is 0.0574. The van der Waals surface area contributed by atoms with Crippen LogP contribution in [0.3, 0.4) is 0 Å². The van der Waals surface area contributed by atoms with Crippen molar-refractivity contribution in [1.29, 1.82) is 0 Å². The second-order valence-corrected chi connectivity index (χ2v) is 2.86. The summed E-state index contributed by atoms with van der Waals surface area (Å²) in [4.78, 5) is 15.5. The van der Waals surface area contributed by atoms with Crippen LogP contribution >= 0.6 is 0 Å². The molecule has 2 aromatic heterocycles. The largest absolute Gasteiger partial charge is 0.506 e. The van der Waals surface area contributed by atoms with Gasteiger partial charge in [-0.3, -0.25) is 9.20 Å². The lowest BCUT2D eigenvalue weighted by molar-refractivity contribution is 0.471. The van der Waals surface area contributed by atoms with Gasteiger partial charge in [-0.1, -0.05) is 0 Å². The molecule has 0 aliphatic rings. The van der Waals surface area contributed by atoms with E-state index >= 15 is 0 Å². The van der Waals surface area contributed by atoms with Crippen LogP contribution in [-0.4, -0.2) is 14.5 Å². The first-order valence-electron chi connectivity index (χ1n) is 3.85. The van der Waals surface area contributed by atoms with Gasteiger partial charge in [0, 0.05) is 11.8 Å². The van der Waals surface area contributed by atoms with Gasteiger partial charge in [0.15, 0.2) is 0 Å². The molecule has 0 amide bonds. The normalized spacial score (nSPS) is 10.5. The van der Waals surface area contributed by atoms with Gasteiger partial charge in [-0.15, -0.1) is 0 Å². The van der Waals surface area contributed by atoms with Gasteiger partial charge in [-0.05, 0) is 19.1 Å². The summed E-state index contributed by atoms with van der Waals surface area (Å²) >= 11 is 0. The molecule has 2 heterocycles. The predicted octanol–water partition coefficient (Wildman–Crippen LogP) is 0.709. The molecule has 0 aliphatic carbocycles. The smallest absolute Gasteiger partial charge is 0.260 e. The molecule has 0 aromatic carbocycles. The zero-order chi connectivity index (χ0) is 9.42. The number of nitrogens with zero attached hydrogens (tertiary/aromatic N) is 2. The lowest BCUT2D eigenvalue weighted by atomic mass is 10.3. The van der Waals surface area contributed by atoms with E-state index in [0.717, 1.165) is 0 Å². The van der Waals surface area contributed by atoms with E-state index in [1.807, 2.05) is 0 Å². The molecular formula is C9H8N2O2. The van der Waals surface area contributed by atoms with E-state index in [2.05, 4.69) is 4.98 Å². The Kier molecular flexibility index (Phi) is 1.55. The van der Waals surface area contributed by atoms with Gasteiger partial charge >= 0.3 is 0 Å². The fourth-order valence-corrected chi connectivity index (χ4v) is 1.16. The highest BCUT2D eigenvalue weighted by molar-refractivity contribution is 5.41. The molecule has 0 radical (unpaired) electrons. The van der Waals surface area contributed by atoms with Crippen molar-refractivity contribution in [2.45, 2.75) is 6.92 Å². The number of hydrogen-bond acceptors (Lipinski definition) is 3. The first kappa shape index (κ1) is 7.79. The van der Waals surface area contributed by atoms with Crippen LogP contribution in [0.1, 0.15) is 5.56 Å². The molecule has 0 spiro atoms. The Morgan fingerprint density at radius 2 is 2.23 bits per heavy atom. The van der Waals surface area contributed by atoms with E-state index in [9.17, 15) is 4.79 Å². The number of aryl methyl sites for hydroxylation is 1. The number of fused-ring (bicyclic) bond motifs is 1. The molecule has 0 saturated carbocycles. The van der Waals surface area contributed by atoms with E-state index in [-0.39, 0.29) is 11.3 Å². The van der Waals surface area contributed by atoms with Crippen molar-refractivity contribution in [2.24, 2.45) is 0 Å². The van der Waals surface area contributed by atoms with Crippen molar-refractivity contribution >= 4 is 5.65 Å². The van der Waals surface area contributed by atoms with E-state index < -0.39 is 0 Å². The molecule has 2 aromatic rings. The summed E-state index contributed by atoms with van der Waals surface area (Å²) in [5.41, 5.74) is 0.942. The molecule has 0 saturated heterocycles. The maximum atomic E-state index is 11.5. The molecule has 66 valence electrons. The average Bonchev–Trinajstić information content (AvgIpc) is 2.12. The highest BCUT2D eigenvalue weighted by atomic mass is 16.3. The van der Waals surface area contributed by atoms with E-state index in [1.165, 1.54) is 22.9 Å². The zero-order valence-electron chi connectivity index (χ0n) is 7.06. The zero-order valence-corrected chi connectivity index (χ0v) is 7.06. The van der Waals surface area contributed by atoms with Crippen LogP contribution in [0, 0.1) is 6.92 Å². The predicted molar refractivity (Wildman–Crippen MR) is 47.9 cm³/mol. The summed E-state index contributed by atoms with van der Waals surface area (Å²) in [5, 5.41) is 9.16. The van der Waals surface area contributed by atoms with E-state index in [4.69, 9.17) is 5.11 Å². The first-order valence-corrected chi connectivity index (χ1v) is 3.85. The molecule has 4 heteroatoms. The third kappa shape index (κ3) is 1.16. The van der Waals surface area contributed by atoms with Crippen molar-refractivity contribution in [3.8, 4) is 5.75 Å². The summed E-state index contributed by atoms with van der Waals surface area (Å²) in [6.45, 7) is 1.69. The Hall–Kier alpha value is -1.84. The standard InChI is InChI=1S/C9H8N2O2/c1-6-4-10-8-3-2-7(12)5-11(8)9(6)13/h2-5,12H,1H3. The van der Waals surface area contributed by atoms with Crippen LogP contribution in [0.5, 0.6) is 5.75 Å². The van der Waals surface area contributed by atoms with Gasteiger partial charge in [-0.25, -0.2) is 4.98 Å². The molecule has 0 atom stereocenters. The first-order chi connectivity index (χ1) is 6.18. The summed E-state index contributed by atoms with van der Waals surface area (Å²) in [6.07, 6.45) is 2.88. The lowest BCUT2D eigenvalue weighted by Gasteiger charge is -2.00. The minimum Gasteiger partial charge on any atom is -0.506 e. The lowest BCUT2D eigenvalue weighted by Crippen LogP contribution is -2.16. The van der Waals surface area contributed by atoms with Crippen molar-refractivity contribution in [3.05, 3.63) is 40.4 Å². The summed E-state index contributed by atoms with van der Waals surface area (Å²) < 4.78 is 1.32. The second-order valence-electron chi connectivity index (χ2n) is 2.86. The number of aromatic hydroxyl groups is 1. The van der Waals surface area contributed by atoms with Crippen LogP contribution in [-0.2, 0) is 0 Å². The molecule has 2 rings (SSSR count). The SMILES string of the molecule is Cc1cnc2ccc(O)cn2c1=O. The Labute approximate surface area is 74.1 Å². The van der Waals surface area contributed by atoms with Gasteiger partial charge in [0.2, 0.25) is 0 Å². The number of aromatic nitrogens is 2. The molecule has 4 nitrogen and oxygen atoms in total. The molecule has 0 fully saturated rings. The van der Waals surface area contributed by atoms with Gasteiger partial charge in [-0.2, -0.15) is 0 Å². The number of rotatable bonds is 0. The topological polar surface area (TPSA) is 54.6 Å². The van der Waals surface area contributed by atoms with Crippen molar-refractivity contribution in [3.63, 3.8) is 0 Å². The Bertz CT molecular complexity index is 511. The molecule has 0 bridgehead atoms. The van der Waals surface area contributed by atoms with Crippen LogP contribution in [0.4, 0.5) is 0 Å². The van der Waals surface area contributed by atoms with Crippen molar-refractivity contribution < 1.29 is 5.11 Å². The van der Waals surface area contributed by atoms with Crippen LogP contribution in [0.2, 0.25) is 0 Å². The summed E-state index contributed by atoms with van der Waals surface area (Å²) in [7, 11) is 0. The molecule has 13 heavy (non-hydrogen) atoms. The summed E-state index contributed by atoms with van der Waals surface area (Å²) in [6, 6.07) is 3.09. The Morgan fingerprint density at radius 1 is 1.46 bits per heavy atom. The summed E-state index contributed by atoms with van der Waals surface area (Å²) in [5.74, 6) is 0.0574. The van der Waals surface area contributed by atoms with Crippen molar-refractivity contribution in [2.75, 3.05) is 0 Å². The van der Waals surface area contributed by atoms with Gasteiger partial charge in [0.05, 0.1) is 6.20 Å². The van der Waals surface area contributed by atoms with Gasteiger partial charge in [0.25, 0.3) is 5.56 Å². The average molecular weight is 176 g/mol. The molecule has 1 N–H and O–H groups in total. The monoisotopic (exact) mass is 176 g/mol. The fourth-order valence-electron chi connectivity index (χ4n) is 1.16. The van der Waals surface area contributed by atoms with Crippen LogP contribution < -0.4 is 5.56 Å². The van der Waals surface area contributed by atoms with Crippen molar-refractivity contribution in [1.82, 2.24) is 9.38 Å². The Balaban J connectivity index is 2.97. The third-order valence-electron chi connectivity index (χ3n) is 1.86. The molecular weight excluding hydrogens is 168 g/mol. The van der Waals surface area contributed by atoms with E-state index in [0.29, 0.717) is 11.2 Å². The highest BCUT2D eigenvalue weighted by Gasteiger charge is 2.00. The molecule has 0 aliphatic heterocycles. The Morgan fingerprint density at radius 3 is 3.00 bits per heavy atom. The van der Waals surface area contributed by atoms with Crippen LogP contribution in [0.15, 0.2) is 29.3 Å². The highest BCUT2D eigenvalue weighted by Crippen LogP contribution is 2.07. The maximum absolute atomic E-state index is 11.5. The van der Waals surface area contributed by atoms with Gasteiger partial charge in [0.1, 0.15) is 11.4 Å². The third-order valence-corrected chi connectivity index (χ3v) is 1.86. The van der Waals surface area contributed by atoms with Crippen LogP contribution in [0.25, 0.3) is 5.65 Å². The minimum atomic E-state index is -0.152. The molecule has 0 unspecified atom stereocenters. The van der Waals surface area contributed by atoms with Gasteiger partial charge < -0.3 is 5.11 Å². The fraction of sp³-hybridized carbons (Fsp3) is 0.111. The quantitative estimate of drug-likeness (QED) is 0.643. The van der Waals surface area contributed by atoms with E-state index in [1.54, 1.807) is 13.0 Å². The second kappa shape index (κ2) is 2.58. The maximum Gasteiger partial charge on any atom is 0.260 e. The number of hydrogen-bond donors (Lipinski definition) is 1.